The van der Waals surface area contributed by atoms with Gasteiger partial charge in [-0.3, -0.25) is 4.79 Å². The molecule has 3 rings (SSSR count). The summed E-state index contributed by atoms with van der Waals surface area (Å²) in [5, 5.41) is 1.78. The fourth-order valence-electron chi connectivity index (χ4n) is 2.26. The molecule has 0 saturated carbocycles. The van der Waals surface area contributed by atoms with Crippen molar-refractivity contribution in [2.45, 2.75) is 6.42 Å². The molecule has 0 saturated heterocycles. The van der Waals surface area contributed by atoms with E-state index < -0.39 is 0 Å². The Balaban J connectivity index is 1.96. The van der Waals surface area contributed by atoms with Crippen LogP contribution in [0.4, 0.5) is 5.13 Å². The standard InChI is InChI=1S/C19H14Cl2N2O2S/c1-25-17(24)10-16-18(12-6-8-14(20)9-7-12)23-19(26-16)22-11-13-4-2-3-5-15(13)21/h2-9,11H,10H2,1H3. The maximum Gasteiger partial charge on any atom is 0.310 e. The van der Waals surface area contributed by atoms with E-state index in [2.05, 4.69) is 9.98 Å². The predicted octanol–water partition coefficient (Wildman–Crippen LogP) is 5.58. The second-order valence-corrected chi connectivity index (χ2v) is 7.21. The first-order valence-corrected chi connectivity index (χ1v) is 9.25. The van der Waals surface area contributed by atoms with E-state index in [4.69, 9.17) is 27.9 Å². The SMILES string of the molecule is COC(=O)Cc1sc(N=Cc2ccccc2Cl)nc1-c1ccc(Cl)cc1. The minimum absolute atomic E-state index is 0.133. The summed E-state index contributed by atoms with van der Waals surface area (Å²) < 4.78 is 4.78. The predicted molar refractivity (Wildman–Crippen MR) is 107 cm³/mol. The number of rotatable bonds is 5. The van der Waals surface area contributed by atoms with Gasteiger partial charge in [-0.15, -0.1) is 0 Å². The summed E-state index contributed by atoms with van der Waals surface area (Å²) in [4.78, 5) is 21.5. The number of halogens is 2. The van der Waals surface area contributed by atoms with Crippen LogP contribution in [-0.2, 0) is 16.0 Å². The highest BCUT2D eigenvalue weighted by molar-refractivity contribution is 7.15. The van der Waals surface area contributed by atoms with Gasteiger partial charge in [0.2, 0.25) is 5.13 Å². The number of hydrogen-bond acceptors (Lipinski definition) is 5. The molecule has 7 heteroatoms. The number of aromatic nitrogens is 1. The molecule has 1 heterocycles. The van der Waals surface area contributed by atoms with Crippen LogP contribution in [0.25, 0.3) is 11.3 Å². The van der Waals surface area contributed by atoms with E-state index in [-0.39, 0.29) is 12.4 Å². The van der Waals surface area contributed by atoms with Crippen LogP contribution in [0.2, 0.25) is 10.0 Å². The Hall–Kier alpha value is -2.21. The molecule has 26 heavy (non-hydrogen) atoms. The molecule has 1 aromatic heterocycles. The maximum absolute atomic E-state index is 11.7. The van der Waals surface area contributed by atoms with Gasteiger partial charge >= 0.3 is 5.97 Å². The van der Waals surface area contributed by atoms with Gasteiger partial charge in [0.1, 0.15) is 0 Å². The minimum atomic E-state index is -0.328. The van der Waals surface area contributed by atoms with Gasteiger partial charge in [-0.25, -0.2) is 9.98 Å². The molecule has 0 fully saturated rings. The topological polar surface area (TPSA) is 51.5 Å². The average Bonchev–Trinajstić information content (AvgIpc) is 3.04. The molecular weight excluding hydrogens is 391 g/mol. The Morgan fingerprint density at radius 3 is 2.62 bits per heavy atom. The number of carbonyl (C=O) groups excluding carboxylic acids is 1. The van der Waals surface area contributed by atoms with Gasteiger partial charge in [0.15, 0.2) is 0 Å². The monoisotopic (exact) mass is 404 g/mol. The number of aliphatic imine (C=N–C) groups is 1. The second-order valence-electron chi connectivity index (χ2n) is 5.31. The maximum atomic E-state index is 11.7. The van der Waals surface area contributed by atoms with Crippen LogP contribution in [0.15, 0.2) is 53.5 Å². The van der Waals surface area contributed by atoms with Crippen LogP contribution < -0.4 is 0 Å². The number of thiazole rings is 1. The normalized spacial score (nSPS) is 11.0. The fourth-order valence-corrected chi connectivity index (χ4v) is 3.48. The van der Waals surface area contributed by atoms with Crippen LogP contribution in [0.5, 0.6) is 0 Å². The van der Waals surface area contributed by atoms with E-state index in [1.165, 1.54) is 18.4 Å². The summed E-state index contributed by atoms with van der Waals surface area (Å²) in [6, 6.07) is 14.7. The summed E-state index contributed by atoms with van der Waals surface area (Å²) in [6.45, 7) is 0. The smallest absolute Gasteiger partial charge is 0.310 e. The molecule has 4 nitrogen and oxygen atoms in total. The van der Waals surface area contributed by atoms with Crippen molar-refractivity contribution in [2.75, 3.05) is 7.11 Å². The fraction of sp³-hybridized carbons (Fsp3) is 0.105. The Labute approximate surface area is 165 Å². The number of esters is 1. The molecular formula is C19H14Cl2N2O2S. The highest BCUT2D eigenvalue weighted by Gasteiger charge is 2.16. The minimum Gasteiger partial charge on any atom is -0.469 e. The molecule has 0 aliphatic rings. The number of nitrogens with zero attached hydrogens (tertiary/aromatic N) is 2. The van der Waals surface area contributed by atoms with Crippen molar-refractivity contribution in [3.8, 4) is 11.3 Å². The molecule has 0 amide bonds. The molecule has 132 valence electrons. The highest BCUT2D eigenvalue weighted by atomic mass is 35.5. The third-order valence-corrected chi connectivity index (χ3v) is 5.12. The summed E-state index contributed by atoms with van der Waals surface area (Å²) in [5.41, 5.74) is 2.36. The Morgan fingerprint density at radius 1 is 1.19 bits per heavy atom. The summed E-state index contributed by atoms with van der Waals surface area (Å²) in [7, 11) is 1.36. The Kier molecular flexibility index (Phi) is 6.04. The first kappa shape index (κ1) is 18.6. The molecule has 0 atom stereocenters. The largest absolute Gasteiger partial charge is 0.469 e. The Bertz CT molecular complexity index is 952. The van der Waals surface area contributed by atoms with Gasteiger partial charge in [0.05, 0.1) is 19.2 Å². The lowest BCUT2D eigenvalue weighted by Gasteiger charge is -2.01. The van der Waals surface area contributed by atoms with Gasteiger partial charge in [-0.05, 0) is 18.2 Å². The van der Waals surface area contributed by atoms with E-state index in [0.29, 0.717) is 20.9 Å². The zero-order valence-corrected chi connectivity index (χ0v) is 16.1. The molecule has 0 N–H and O–H groups in total. The van der Waals surface area contributed by atoms with E-state index in [9.17, 15) is 4.79 Å². The van der Waals surface area contributed by atoms with Gasteiger partial charge in [0.25, 0.3) is 0 Å². The first-order valence-electron chi connectivity index (χ1n) is 7.68. The molecule has 0 radical (unpaired) electrons. The van der Waals surface area contributed by atoms with Crippen molar-refractivity contribution < 1.29 is 9.53 Å². The van der Waals surface area contributed by atoms with Crippen LogP contribution in [0.3, 0.4) is 0 Å². The van der Waals surface area contributed by atoms with Gasteiger partial charge < -0.3 is 4.74 Å². The number of hydrogen-bond donors (Lipinski definition) is 0. The zero-order chi connectivity index (χ0) is 18.5. The van der Waals surface area contributed by atoms with Crippen molar-refractivity contribution in [1.82, 2.24) is 4.98 Å². The van der Waals surface area contributed by atoms with E-state index in [1.54, 1.807) is 24.4 Å². The summed E-state index contributed by atoms with van der Waals surface area (Å²) in [5.74, 6) is -0.328. The van der Waals surface area contributed by atoms with Gasteiger partial charge in [-0.1, -0.05) is 64.9 Å². The molecule has 0 aliphatic carbocycles. The van der Waals surface area contributed by atoms with Gasteiger partial charge in [0, 0.05) is 32.3 Å². The lowest BCUT2D eigenvalue weighted by atomic mass is 10.1. The van der Waals surface area contributed by atoms with Crippen molar-refractivity contribution in [2.24, 2.45) is 4.99 Å². The highest BCUT2D eigenvalue weighted by Crippen LogP contribution is 2.34. The first-order chi connectivity index (χ1) is 12.6. The molecule has 0 bridgehead atoms. The number of carbonyl (C=O) groups is 1. The van der Waals surface area contributed by atoms with Crippen molar-refractivity contribution >= 4 is 51.9 Å². The van der Waals surface area contributed by atoms with E-state index in [0.717, 1.165) is 16.0 Å². The summed E-state index contributed by atoms with van der Waals surface area (Å²) >= 11 is 13.4. The second kappa shape index (κ2) is 8.45. The third-order valence-electron chi connectivity index (χ3n) is 3.56. The molecule has 0 aliphatic heterocycles. The molecule has 0 spiro atoms. The van der Waals surface area contributed by atoms with Crippen LogP contribution in [-0.4, -0.2) is 24.3 Å². The van der Waals surface area contributed by atoms with E-state index >= 15 is 0 Å². The number of methoxy groups -OCH3 is 1. The van der Waals surface area contributed by atoms with Crippen molar-refractivity contribution in [3.63, 3.8) is 0 Å². The van der Waals surface area contributed by atoms with Crippen molar-refractivity contribution in [3.05, 3.63) is 69.0 Å². The average molecular weight is 405 g/mol. The summed E-state index contributed by atoms with van der Waals surface area (Å²) in [6.07, 6.45) is 1.79. The molecule has 2 aromatic carbocycles. The van der Waals surface area contributed by atoms with Crippen LogP contribution >= 0.6 is 34.5 Å². The lowest BCUT2D eigenvalue weighted by Crippen LogP contribution is -2.03. The van der Waals surface area contributed by atoms with Crippen LogP contribution in [0.1, 0.15) is 10.4 Å². The molecule has 3 aromatic rings. The van der Waals surface area contributed by atoms with Gasteiger partial charge in [-0.2, -0.15) is 0 Å². The van der Waals surface area contributed by atoms with Crippen molar-refractivity contribution in [1.29, 1.82) is 0 Å². The van der Waals surface area contributed by atoms with Crippen LogP contribution in [0, 0.1) is 0 Å². The quantitative estimate of drug-likeness (QED) is 0.411. The zero-order valence-electron chi connectivity index (χ0n) is 13.8. The molecule has 0 unspecified atom stereocenters. The Morgan fingerprint density at radius 2 is 1.92 bits per heavy atom. The third kappa shape index (κ3) is 4.49. The van der Waals surface area contributed by atoms with E-state index in [1.807, 2.05) is 30.3 Å². The number of ether oxygens (including phenoxy) is 1. The number of benzene rings is 2. The lowest BCUT2D eigenvalue weighted by molar-refractivity contribution is -0.139.